The SMILES string of the molecule is CCNC(=NCc1ncc(C)c(OC)c1C)NCC(=O)NC(C)(C)C.I. The van der Waals surface area contributed by atoms with Crippen LogP contribution in [0.15, 0.2) is 11.2 Å². The number of amides is 1. The molecule has 1 aromatic rings. The first-order valence-electron chi connectivity index (χ1n) is 8.50. The van der Waals surface area contributed by atoms with Crippen LogP contribution >= 0.6 is 24.0 Å². The van der Waals surface area contributed by atoms with Gasteiger partial charge in [0.05, 0.1) is 25.9 Å². The van der Waals surface area contributed by atoms with E-state index >= 15 is 0 Å². The van der Waals surface area contributed by atoms with E-state index < -0.39 is 0 Å². The number of hydrogen-bond donors (Lipinski definition) is 3. The fraction of sp³-hybridized carbons (Fsp3) is 0.611. The normalized spacial score (nSPS) is 11.4. The Labute approximate surface area is 173 Å². The maximum absolute atomic E-state index is 11.9. The topological polar surface area (TPSA) is 87.6 Å². The molecule has 0 fully saturated rings. The highest BCUT2D eigenvalue weighted by molar-refractivity contribution is 14.0. The maximum atomic E-state index is 11.9. The van der Waals surface area contributed by atoms with Crippen molar-refractivity contribution in [2.24, 2.45) is 4.99 Å². The van der Waals surface area contributed by atoms with Gasteiger partial charge in [0.2, 0.25) is 5.91 Å². The number of carbonyl (C=O) groups is 1. The number of nitrogens with zero attached hydrogens (tertiary/aromatic N) is 2. The van der Waals surface area contributed by atoms with Crippen molar-refractivity contribution in [3.63, 3.8) is 0 Å². The molecular formula is C18H32IN5O2. The molecule has 1 aromatic heterocycles. The van der Waals surface area contributed by atoms with Crippen molar-refractivity contribution < 1.29 is 9.53 Å². The fourth-order valence-electron chi connectivity index (χ4n) is 2.35. The van der Waals surface area contributed by atoms with Gasteiger partial charge in [-0.25, -0.2) is 4.99 Å². The number of hydrogen-bond acceptors (Lipinski definition) is 4. The summed E-state index contributed by atoms with van der Waals surface area (Å²) in [6.07, 6.45) is 1.79. The van der Waals surface area contributed by atoms with E-state index in [1.165, 1.54) is 0 Å². The molecule has 0 bridgehead atoms. The number of carbonyl (C=O) groups excluding carboxylic acids is 1. The van der Waals surface area contributed by atoms with Gasteiger partial charge in [-0.05, 0) is 41.5 Å². The Morgan fingerprint density at radius 1 is 1.27 bits per heavy atom. The third-order valence-electron chi connectivity index (χ3n) is 3.41. The number of guanidine groups is 1. The number of aliphatic imine (C=N–C) groups is 1. The quantitative estimate of drug-likeness (QED) is 0.333. The number of pyridine rings is 1. The lowest BCUT2D eigenvalue weighted by Gasteiger charge is -2.21. The molecule has 0 aliphatic heterocycles. The molecule has 0 saturated carbocycles. The molecular weight excluding hydrogens is 445 g/mol. The van der Waals surface area contributed by atoms with Crippen LogP contribution in [0, 0.1) is 13.8 Å². The number of nitrogens with one attached hydrogen (secondary N) is 3. The van der Waals surface area contributed by atoms with Crippen LogP contribution in [0.25, 0.3) is 0 Å². The molecule has 0 unspecified atom stereocenters. The second-order valence-electron chi connectivity index (χ2n) is 6.89. The fourth-order valence-corrected chi connectivity index (χ4v) is 2.35. The van der Waals surface area contributed by atoms with Gasteiger partial charge >= 0.3 is 0 Å². The van der Waals surface area contributed by atoms with Gasteiger partial charge in [-0.2, -0.15) is 0 Å². The van der Waals surface area contributed by atoms with E-state index in [1.807, 2.05) is 41.5 Å². The number of halogens is 1. The lowest BCUT2D eigenvalue weighted by molar-refractivity contribution is -0.121. The molecule has 1 heterocycles. The Kier molecular flexibility index (Phi) is 10.5. The zero-order valence-electron chi connectivity index (χ0n) is 16.8. The van der Waals surface area contributed by atoms with Crippen LogP contribution in [-0.2, 0) is 11.3 Å². The highest BCUT2D eigenvalue weighted by Gasteiger charge is 2.14. The minimum absolute atomic E-state index is 0. The van der Waals surface area contributed by atoms with Crippen LogP contribution in [0.3, 0.4) is 0 Å². The number of aromatic nitrogens is 1. The van der Waals surface area contributed by atoms with Gasteiger partial charge < -0.3 is 20.7 Å². The minimum Gasteiger partial charge on any atom is -0.496 e. The highest BCUT2D eigenvalue weighted by atomic mass is 127. The first kappa shape index (κ1) is 24.4. The van der Waals surface area contributed by atoms with Gasteiger partial charge in [-0.3, -0.25) is 9.78 Å². The number of ether oxygens (including phenoxy) is 1. The minimum atomic E-state index is -0.256. The molecule has 0 atom stereocenters. The lowest BCUT2D eigenvalue weighted by Crippen LogP contribution is -2.48. The van der Waals surface area contributed by atoms with E-state index in [9.17, 15) is 4.79 Å². The largest absolute Gasteiger partial charge is 0.496 e. The maximum Gasteiger partial charge on any atom is 0.239 e. The summed E-state index contributed by atoms with van der Waals surface area (Å²) in [5, 5.41) is 9.08. The van der Waals surface area contributed by atoms with Crippen LogP contribution < -0.4 is 20.7 Å². The van der Waals surface area contributed by atoms with E-state index in [2.05, 4.69) is 25.9 Å². The Morgan fingerprint density at radius 3 is 2.46 bits per heavy atom. The van der Waals surface area contributed by atoms with E-state index in [0.717, 1.165) is 22.6 Å². The standard InChI is InChI=1S/C18H31N5O2.HI/c1-8-19-17(22-11-15(24)23-18(4,5)6)21-10-14-13(3)16(25-7)12(2)9-20-14;/h9H,8,10-11H2,1-7H3,(H,23,24)(H2,19,21,22);1H. The smallest absolute Gasteiger partial charge is 0.239 e. The molecule has 1 amide bonds. The molecule has 26 heavy (non-hydrogen) atoms. The molecule has 0 aliphatic carbocycles. The molecule has 7 nitrogen and oxygen atoms in total. The monoisotopic (exact) mass is 477 g/mol. The van der Waals surface area contributed by atoms with E-state index in [4.69, 9.17) is 4.74 Å². The Morgan fingerprint density at radius 2 is 1.92 bits per heavy atom. The van der Waals surface area contributed by atoms with Crippen LogP contribution in [0.4, 0.5) is 0 Å². The molecule has 148 valence electrons. The summed E-state index contributed by atoms with van der Waals surface area (Å²) in [5.41, 5.74) is 2.57. The summed E-state index contributed by atoms with van der Waals surface area (Å²) < 4.78 is 5.42. The van der Waals surface area contributed by atoms with Crippen molar-refractivity contribution in [2.75, 3.05) is 20.2 Å². The Hall–Kier alpha value is -1.58. The molecule has 0 spiro atoms. The molecule has 8 heteroatoms. The molecule has 3 N–H and O–H groups in total. The lowest BCUT2D eigenvalue weighted by atomic mass is 10.1. The predicted molar refractivity (Wildman–Crippen MR) is 116 cm³/mol. The summed E-state index contributed by atoms with van der Waals surface area (Å²) in [6.45, 7) is 13.0. The molecule has 0 radical (unpaired) electrons. The third kappa shape index (κ3) is 8.20. The first-order chi connectivity index (χ1) is 11.7. The Bertz CT molecular complexity index is 627. The summed E-state index contributed by atoms with van der Waals surface area (Å²) in [6, 6.07) is 0. The molecule has 1 rings (SSSR count). The van der Waals surface area contributed by atoms with Crippen molar-refractivity contribution in [3.05, 3.63) is 23.0 Å². The molecule has 0 saturated heterocycles. The average molecular weight is 477 g/mol. The zero-order valence-corrected chi connectivity index (χ0v) is 19.1. The number of methoxy groups -OCH3 is 1. The van der Waals surface area contributed by atoms with Crippen molar-refractivity contribution in [1.29, 1.82) is 0 Å². The van der Waals surface area contributed by atoms with Gasteiger partial charge in [0, 0.05) is 29.4 Å². The van der Waals surface area contributed by atoms with Gasteiger partial charge in [-0.15, -0.1) is 24.0 Å². The molecule has 0 aromatic carbocycles. The second-order valence-corrected chi connectivity index (χ2v) is 6.89. The van der Waals surface area contributed by atoms with Gasteiger partial charge in [0.15, 0.2) is 5.96 Å². The van der Waals surface area contributed by atoms with Crippen molar-refractivity contribution in [2.45, 2.75) is 53.6 Å². The van der Waals surface area contributed by atoms with Crippen LogP contribution in [0.2, 0.25) is 0 Å². The summed E-state index contributed by atoms with van der Waals surface area (Å²) in [5.74, 6) is 1.33. The average Bonchev–Trinajstić information content (AvgIpc) is 2.50. The van der Waals surface area contributed by atoms with E-state index in [1.54, 1.807) is 13.3 Å². The predicted octanol–water partition coefficient (Wildman–Crippen LogP) is 2.29. The Balaban J connectivity index is 0.00000625. The van der Waals surface area contributed by atoms with Crippen LogP contribution in [-0.4, -0.2) is 42.6 Å². The van der Waals surface area contributed by atoms with E-state index in [-0.39, 0.29) is 42.0 Å². The van der Waals surface area contributed by atoms with Crippen molar-refractivity contribution in [3.8, 4) is 5.75 Å². The molecule has 0 aliphatic rings. The second kappa shape index (κ2) is 11.2. The zero-order chi connectivity index (χ0) is 19.0. The summed E-state index contributed by atoms with van der Waals surface area (Å²) in [7, 11) is 1.65. The van der Waals surface area contributed by atoms with Crippen LogP contribution in [0.5, 0.6) is 5.75 Å². The summed E-state index contributed by atoms with van der Waals surface area (Å²) in [4.78, 5) is 20.9. The number of rotatable bonds is 6. The van der Waals surface area contributed by atoms with Crippen molar-refractivity contribution in [1.82, 2.24) is 20.9 Å². The number of aryl methyl sites for hydroxylation is 1. The highest BCUT2D eigenvalue weighted by Crippen LogP contribution is 2.24. The van der Waals surface area contributed by atoms with E-state index in [0.29, 0.717) is 19.0 Å². The van der Waals surface area contributed by atoms with Gasteiger partial charge in [0.1, 0.15) is 5.75 Å². The first-order valence-corrected chi connectivity index (χ1v) is 8.50. The van der Waals surface area contributed by atoms with Gasteiger partial charge in [-0.1, -0.05) is 0 Å². The third-order valence-corrected chi connectivity index (χ3v) is 3.41. The van der Waals surface area contributed by atoms with Crippen LogP contribution in [0.1, 0.15) is 44.5 Å². The van der Waals surface area contributed by atoms with Crippen molar-refractivity contribution >= 4 is 35.8 Å². The summed E-state index contributed by atoms with van der Waals surface area (Å²) >= 11 is 0. The van der Waals surface area contributed by atoms with Gasteiger partial charge in [0.25, 0.3) is 0 Å².